The van der Waals surface area contributed by atoms with Gasteiger partial charge in [0, 0.05) is 0 Å². The van der Waals surface area contributed by atoms with Crippen LogP contribution in [-0.4, -0.2) is 18.3 Å². The highest BCUT2D eigenvalue weighted by atomic mass is 16.3. The molecule has 1 aromatic rings. The number of hydrogen-bond donors (Lipinski definition) is 2. The number of aryl methyl sites for hydroxylation is 2. The number of benzene rings is 1. The lowest BCUT2D eigenvalue weighted by molar-refractivity contribution is 0.177. The Morgan fingerprint density at radius 2 is 1.93 bits per heavy atom. The van der Waals surface area contributed by atoms with Gasteiger partial charge in [-0.1, -0.05) is 25.1 Å². The zero-order valence-electron chi connectivity index (χ0n) is 10.1. The van der Waals surface area contributed by atoms with Crippen molar-refractivity contribution in [2.45, 2.75) is 33.2 Å². The second-order valence-corrected chi connectivity index (χ2v) is 4.32. The van der Waals surface area contributed by atoms with Gasteiger partial charge in [-0.2, -0.15) is 0 Å². The van der Waals surface area contributed by atoms with Crippen LogP contribution in [0.1, 0.15) is 30.5 Å². The molecule has 1 rings (SSSR count). The highest BCUT2D eigenvalue weighted by molar-refractivity contribution is 5.34. The molecule has 0 aliphatic carbocycles. The van der Waals surface area contributed by atoms with Gasteiger partial charge in [-0.25, -0.2) is 0 Å². The van der Waals surface area contributed by atoms with Crippen molar-refractivity contribution in [1.82, 2.24) is 5.32 Å². The number of aliphatic hydroxyl groups is 1. The van der Waals surface area contributed by atoms with Crippen molar-refractivity contribution >= 4 is 0 Å². The summed E-state index contributed by atoms with van der Waals surface area (Å²) in [6.07, 6.45) is 0. The van der Waals surface area contributed by atoms with Crippen LogP contribution < -0.4 is 5.32 Å². The van der Waals surface area contributed by atoms with Crippen molar-refractivity contribution in [1.29, 1.82) is 0 Å². The van der Waals surface area contributed by atoms with Gasteiger partial charge in [0.25, 0.3) is 0 Å². The fourth-order valence-corrected chi connectivity index (χ4v) is 1.72. The molecule has 0 saturated heterocycles. The molecule has 0 aliphatic heterocycles. The SMILES string of the molecule is CCNC(C)(CO)c1ccc(C)c(C)c1. The van der Waals surface area contributed by atoms with Crippen molar-refractivity contribution in [2.75, 3.05) is 13.2 Å². The van der Waals surface area contributed by atoms with E-state index in [1.165, 1.54) is 11.1 Å². The largest absolute Gasteiger partial charge is 0.394 e. The second kappa shape index (κ2) is 4.77. The van der Waals surface area contributed by atoms with Crippen LogP contribution in [0.5, 0.6) is 0 Å². The van der Waals surface area contributed by atoms with Crippen molar-refractivity contribution in [2.24, 2.45) is 0 Å². The van der Waals surface area contributed by atoms with Crippen molar-refractivity contribution in [3.05, 3.63) is 34.9 Å². The van der Waals surface area contributed by atoms with Gasteiger partial charge in [0.2, 0.25) is 0 Å². The van der Waals surface area contributed by atoms with Crippen LogP contribution in [-0.2, 0) is 5.54 Å². The minimum Gasteiger partial charge on any atom is -0.394 e. The summed E-state index contributed by atoms with van der Waals surface area (Å²) in [6.45, 7) is 9.24. The van der Waals surface area contributed by atoms with Crippen LogP contribution in [0.3, 0.4) is 0 Å². The van der Waals surface area contributed by atoms with E-state index >= 15 is 0 Å². The number of nitrogens with one attached hydrogen (secondary N) is 1. The summed E-state index contributed by atoms with van der Waals surface area (Å²) in [7, 11) is 0. The quantitative estimate of drug-likeness (QED) is 0.792. The summed E-state index contributed by atoms with van der Waals surface area (Å²) in [6, 6.07) is 6.34. The normalized spacial score (nSPS) is 15.0. The van der Waals surface area contributed by atoms with Gasteiger partial charge in [0.15, 0.2) is 0 Å². The fraction of sp³-hybridized carbons (Fsp3) is 0.538. The Kier molecular flexibility index (Phi) is 3.89. The predicted molar refractivity (Wildman–Crippen MR) is 64.0 cm³/mol. The first-order valence-electron chi connectivity index (χ1n) is 5.47. The first-order chi connectivity index (χ1) is 7.03. The van der Waals surface area contributed by atoms with Crippen LogP contribution >= 0.6 is 0 Å². The summed E-state index contributed by atoms with van der Waals surface area (Å²) in [5, 5.41) is 12.8. The summed E-state index contributed by atoms with van der Waals surface area (Å²) in [4.78, 5) is 0. The van der Waals surface area contributed by atoms with Crippen LogP contribution in [0.2, 0.25) is 0 Å². The number of likely N-dealkylation sites (N-methyl/N-ethyl adjacent to an activating group) is 1. The summed E-state index contributed by atoms with van der Waals surface area (Å²) in [5.41, 5.74) is 3.38. The summed E-state index contributed by atoms with van der Waals surface area (Å²) >= 11 is 0. The van der Waals surface area contributed by atoms with Gasteiger partial charge in [0.1, 0.15) is 0 Å². The van der Waals surface area contributed by atoms with Gasteiger partial charge < -0.3 is 10.4 Å². The van der Waals surface area contributed by atoms with Crippen LogP contribution in [0.4, 0.5) is 0 Å². The standard InChI is InChI=1S/C13H21NO/c1-5-14-13(4,9-15)12-7-6-10(2)11(3)8-12/h6-8,14-15H,5,9H2,1-4H3. The van der Waals surface area contributed by atoms with E-state index in [1.54, 1.807) is 0 Å². The van der Waals surface area contributed by atoms with Gasteiger partial charge in [-0.15, -0.1) is 0 Å². The molecular formula is C13H21NO. The highest BCUT2D eigenvalue weighted by Gasteiger charge is 2.24. The smallest absolute Gasteiger partial charge is 0.0652 e. The molecular weight excluding hydrogens is 186 g/mol. The van der Waals surface area contributed by atoms with Gasteiger partial charge in [0.05, 0.1) is 12.1 Å². The Bertz CT molecular complexity index is 335. The average Bonchev–Trinajstić information content (AvgIpc) is 2.22. The van der Waals surface area contributed by atoms with E-state index in [0.29, 0.717) is 0 Å². The molecule has 0 heterocycles. The van der Waals surface area contributed by atoms with Crippen LogP contribution in [0.15, 0.2) is 18.2 Å². The maximum Gasteiger partial charge on any atom is 0.0652 e. The van der Waals surface area contributed by atoms with Crippen LogP contribution in [0.25, 0.3) is 0 Å². The number of aliphatic hydroxyl groups excluding tert-OH is 1. The Morgan fingerprint density at radius 1 is 1.27 bits per heavy atom. The summed E-state index contributed by atoms with van der Waals surface area (Å²) in [5.74, 6) is 0. The Balaban J connectivity index is 3.07. The molecule has 84 valence electrons. The molecule has 0 radical (unpaired) electrons. The Hall–Kier alpha value is -0.860. The molecule has 0 aromatic heterocycles. The first kappa shape index (κ1) is 12.2. The molecule has 0 bridgehead atoms. The first-order valence-corrected chi connectivity index (χ1v) is 5.47. The van der Waals surface area contributed by atoms with Gasteiger partial charge in [-0.05, 0) is 44.0 Å². The third-order valence-corrected chi connectivity index (χ3v) is 3.03. The average molecular weight is 207 g/mol. The van der Waals surface area contributed by atoms with E-state index < -0.39 is 0 Å². The van der Waals surface area contributed by atoms with E-state index in [2.05, 4.69) is 44.3 Å². The van der Waals surface area contributed by atoms with E-state index in [-0.39, 0.29) is 12.1 Å². The maximum absolute atomic E-state index is 9.47. The lowest BCUT2D eigenvalue weighted by Crippen LogP contribution is -2.42. The van der Waals surface area contributed by atoms with E-state index in [4.69, 9.17) is 0 Å². The molecule has 1 unspecified atom stereocenters. The van der Waals surface area contributed by atoms with Gasteiger partial charge >= 0.3 is 0 Å². The van der Waals surface area contributed by atoms with Crippen molar-refractivity contribution < 1.29 is 5.11 Å². The fourth-order valence-electron chi connectivity index (χ4n) is 1.72. The monoisotopic (exact) mass is 207 g/mol. The zero-order valence-corrected chi connectivity index (χ0v) is 10.1. The van der Waals surface area contributed by atoms with E-state index in [1.807, 2.05) is 6.92 Å². The molecule has 0 fully saturated rings. The van der Waals surface area contributed by atoms with Crippen molar-refractivity contribution in [3.63, 3.8) is 0 Å². The molecule has 2 nitrogen and oxygen atoms in total. The maximum atomic E-state index is 9.47. The van der Waals surface area contributed by atoms with Crippen LogP contribution in [0, 0.1) is 13.8 Å². The highest BCUT2D eigenvalue weighted by Crippen LogP contribution is 2.22. The number of hydrogen-bond acceptors (Lipinski definition) is 2. The van der Waals surface area contributed by atoms with Gasteiger partial charge in [-0.3, -0.25) is 0 Å². The molecule has 2 heteroatoms. The molecule has 15 heavy (non-hydrogen) atoms. The molecule has 1 aromatic carbocycles. The Labute approximate surface area is 92.3 Å². The third-order valence-electron chi connectivity index (χ3n) is 3.03. The molecule has 1 atom stereocenters. The van der Waals surface area contributed by atoms with E-state index in [9.17, 15) is 5.11 Å². The lowest BCUT2D eigenvalue weighted by Gasteiger charge is -2.29. The third kappa shape index (κ3) is 2.58. The van der Waals surface area contributed by atoms with Crippen molar-refractivity contribution in [3.8, 4) is 0 Å². The zero-order chi connectivity index (χ0) is 11.5. The Morgan fingerprint density at radius 3 is 2.40 bits per heavy atom. The molecule has 0 amide bonds. The van der Waals surface area contributed by atoms with E-state index in [0.717, 1.165) is 12.1 Å². The molecule has 2 N–H and O–H groups in total. The second-order valence-electron chi connectivity index (χ2n) is 4.32. The molecule has 0 aliphatic rings. The predicted octanol–water partition coefficient (Wildman–Crippen LogP) is 2.12. The molecule has 0 spiro atoms. The summed E-state index contributed by atoms with van der Waals surface area (Å²) < 4.78 is 0. The topological polar surface area (TPSA) is 32.3 Å². The number of rotatable bonds is 4. The minimum absolute atomic E-state index is 0.114. The lowest BCUT2D eigenvalue weighted by atomic mass is 9.90. The minimum atomic E-state index is -0.326. The molecule has 0 saturated carbocycles.